The Labute approximate surface area is 104 Å². The Bertz CT molecular complexity index is 162. The molecule has 0 saturated heterocycles. The average Bonchev–Trinajstić information content (AvgIpc) is 2.29. The molecule has 96 valence electrons. The summed E-state index contributed by atoms with van der Waals surface area (Å²) in [4.78, 5) is 11.2. The number of unbranched alkanes of at least 4 members (excludes halogenated alkanes) is 4. The first-order valence-electron chi connectivity index (χ1n) is 6.15. The van der Waals surface area contributed by atoms with Crippen LogP contribution in [0.15, 0.2) is 0 Å². The van der Waals surface area contributed by atoms with Crippen molar-refractivity contribution in [1.82, 2.24) is 0 Å². The van der Waals surface area contributed by atoms with E-state index in [0.29, 0.717) is 26.2 Å². The van der Waals surface area contributed by atoms with Crippen LogP contribution < -0.4 is 0 Å². The number of carbonyl (C=O) groups is 1. The highest BCUT2D eigenvalue weighted by atomic mass is 32.1. The molecule has 0 bridgehead atoms. The summed E-state index contributed by atoms with van der Waals surface area (Å²) in [5.41, 5.74) is 0. The molecular formula is C12H24O3S. The van der Waals surface area contributed by atoms with Gasteiger partial charge in [-0.2, -0.15) is 12.6 Å². The maximum absolute atomic E-state index is 11.2. The van der Waals surface area contributed by atoms with Gasteiger partial charge in [-0.25, -0.2) is 0 Å². The number of ether oxygens (including phenoxy) is 2. The monoisotopic (exact) mass is 248 g/mol. The molecule has 0 amide bonds. The van der Waals surface area contributed by atoms with Gasteiger partial charge < -0.3 is 9.47 Å². The van der Waals surface area contributed by atoms with Crippen LogP contribution in [0, 0.1) is 0 Å². The lowest BCUT2D eigenvalue weighted by molar-refractivity contribution is -0.145. The van der Waals surface area contributed by atoms with Crippen LogP contribution in [-0.2, 0) is 14.3 Å². The van der Waals surface area contributed by atoms with E-state index in [0.717, 1.165) is 18.6 Å². The summed E-state index contributed by atoms with van der Waals surface area (Å²) in [6, 6.07) is 0. The van der Waals surface area contributed by atoms with Crippen LogP contribution in [0.25, 0.3) is 0 Å². The molecule has 0 aliphatic carbocycles. The Hall–Kier alpha value is -0.220. The van der Waals surface area contributed by atoms with E-state index in [1.54, 1.807) is 0 Å². The maximum atomic E-state index is 11.2. The Morgan fingerprint density at radius 3 is 2.44 bits per heavy atom. The molecule has 0 fully saturated rings. The largest absolute Gasteiger partial charge is 0.463 e. The minimum Gasteiger partial charge on any atom is -0.463 e. The smallest absolute Gasteiger partial charge is 0.305 e. The number of esters is 1. The van der Waals surface area contributed by atoms with Crippen molar-refractivity contribution >= 4 is 18.6 Å². The number of hydrogen-bond acceptors (Lipinski definition) is 4. The van der Waals surface area contributed by atoms with Gasteiger partial charge >= 0.3 is 5.97 Å². The number of thiol groups is 1. The highest BCUT2D eigenvalue weighted by Crippen LogP contribution is 2.06. The molecule has 0 spiro atoms. The lowest BCUT2D eigenvalue weighted by atomic mass is 10.1. The molecule has 0 radical (unpaired) electrons. The zero-order valence-corrected chi connectivity index (χ0v) is 11.1. The van der Waals surface area contributed by atoms with Crippen LogP contribution in [0.4, 0.5) is 0 Å². The van der Waals surface area contributed by atoms with Gasteiger partial charge in [-0.3, -0.25) is 4.79 Å². The van der Waals surface area contributed by atoms with Gasteiger partial charge in [-0.05, 0) is 25.5 Å². The number of hydrogen-bond donors (Lipinski definition) is 1. The summed E-state index contributed by atoms with van der Waals surface area (Å²) >= 11 is 4.15. The number of carbonyl (C=O) groups excluding carboxylic acids is 1. The zero-order chi connectivity index (χ0) is 12.1. The topological polar surface area (TPSA) is 35.5 Å². The van der Waals surface area contributed by atoms with E-state index in [1.807, 2.05) is 6.92 Å². The zero-order valence-electron chi connectivity index (χ0n) is 10.2. The van der Waals surface area contributed by atoms with E-state index in [1.165, 1.54) is 19.3 Å². The molecule has 0 aliphatic rings. The van der Waals surface area contributed by atoms with Crippen molar-refractivity contribution in [2.75, 3.05) is 25.6 Å². The van der Waals surface area contributed by atoms with Crippen LogP contribution in [0.5, 0.6) is 0 Å². The Morgan fingerprint density at radius 1 is 1.06 bits per heavy atom. The second kappa shape index (κ2) is 12.8. The molecule has 0 N–H and O–H groups in total. The van der Waals surface area contributed by atoms with Crippen LogP contribution >= 0.6 is 12.6 Å². The summed E-state index contributed by atoms with van der Waals surface area (Å²) in [5.74, 6) is 0.855. The second-order valence-electron chi connectivity index (χ2n) is 3.66. The Kier molecular flexibility index (Phi) is 12.7. The Morgan fingerprint density at radius 2 is 1.75 bits per heavy atom. The molecule has 0 aromatic heterocycles. The quantitative estimate of drug-likeness (QED) is 0.347. The van der Waals surface area contributed by atoms with Crippen LogP contribution in [-0.4, -0.2) is 31.5 Å². The molecule has 0 rings (SSSR count). The molecule has 0 heterocycles. The highest BCUT2D eigenvalue weighted by molar-refractivity contribution is 7.80. The van der Waals surface area contributed by atoms with E-state index in [2.05, 4.69) is 12.6 Å². The standard InChI is InChI=1S/C12H24O3S/c1-2-14-9-10-15-12(13)8-6-4-3-5-7-11-16/h16H,2-11H2,1H3. The fraction of sp³-hybridized carbons (Fsp3) is 0.917. The fourth-order valence-corrected chi connectivity index (χ4v) is 1.57. The lowest BCUT2D eigenvalue weighted by Crippen LogP contribution is -2.10. The molecule has 0 aromatic rings. The normalized spacial score (nSPS) is 10.4. The van der Waals surface area contributed by atoms with E-state index < -0.39 is 0 Å². The SMILES string of the molecule is CCOCCOC(=O)CCCCCCCS. The third-order valence-corrected chi connectivity index (χ3v) is 2.55. The van der Waals surface area contributed by atoms with Gasteiger partial charge in [-0.15, -0.1) is 0 Å². The van der Waals surface area contributed by atoms with Crippen LogP contribution in [0.3, 0.4) is 0 Å². The van der Waals surface area contributed by atoms with Crippen LogP contribution in [0.1, 0.15) is 45.4 Å². The summed E-state index contributed by atoms with van der Waals surface area (Å²) in [6.07, 6.45) is 6.14. The summed E-state index contributed by atoms with van der Waals surface area (Å²) < 4.78 is 10.1. The molecule has 0 atom stereocenters. The van der Waals surface area contributed by atoms with Crippen molar-refractivity contribution in [3.05, 3.63) is 0 Å². The first-order valence-corrected chi connectivity index (χ1v) is 6.78. The predicted molar refractivity (Wildman–Crippen MR) is 69.0 cm³/mol. The molecule has 0 aliphatic heterocycles. The van der Waals surface area contributed by atoms with Gasteiger partial charge in [0.15, 0.2) is 0 Å². The summed E-state index contributed by atoms with van der Waals surface area (Å²) in [6.45, 7) is 3.48. The van der Waals surface area contributed by atoms with Gasteiger partial charge in [0.1, 0.15) is 6.61 Å². The maximum Gasteiger partial charge on any atom is 0.305 e. The molecule has 0 saturated carbocycles. The van der Waals surface area contributed by atoms with Crippen molar-refractivity contribution in [3.8, 4) is 0 Å². The minimum absolute atomic E-state index is 0.103. The van der Waals surface area contributed by atoms with Crippen molar-refractivity contribution in [2.45, 2.75) is 45.4 Å². The molecule has 3 nitrogen and oxygen atoms in total. The summed E-state index contributed by atoms with van der Waals surface area (Å²) in [5, 5.41) is 0. The van der Waals surface area contributed by atoms with E-state index in [9.17, 15) is 4.79 Å². The summed E-state index contributed by atoms with van der Waals surface area (Å²) in [7, 11) is 0. The minimum atomic E-state index is -0.103. The molecule has 16 heavy (non-hydrogen) atoms. The van der Waals surface area contributed by atoms with Gasteiger partial charge in [-0.1, -0.05) is 19.3 Å². The highest BCUT2D eigenvalue weighted by Gasteiger charge is 2.01. The van der Waals surface area contributed by atoms with E-state index in [4.69, 9.17) is 9.47 Å². The van der Waals surface area contributed by atoms with Crippen LogP contribution in [0.2, 0.25) is 0 Å². The lowest BCUT2D eigenvalue weighted by Gasteiger charge is -2.04. The first-order chi connectivity index (χ1) is 7.81. The molecular weight excluding hydrogens is 224 g/mol. The van der Waals surface area contributed by atoms with Crippen molar-refractivity contribution in [3.63, 3.8) is 0 Å². The van der Waals surface area contributed by atoms with Gasteiger partial charge in [0.2, 0.25) is 0 Å². The van der Waals surface area contributed by atoms with Crippen molar-refractivity contribution in [1.29, 1.82) is 0 Å². The first kappa shape index (κ1) is 15.8. The van der Waals surface area contributed by atoms with E-state index >= 15 is 0 Å². The number of rotatable bonds is 11. The van der Waals surface area contributed by atoms with Gasteiger partial charge in [0.05, 0.1) is 6.61 Å². The predicted octanol–water partition coefficient (Wildman–Crippen LogP) is 2.84. The third kappa shape index (κ3) is 11.9. The van der Waals surface area contributed by atoms with Crippen molar-refractivity contribution < 1.29 is 14.3 Å². The van der Waals surface area contributed by atoms with Gasteiger partial charge in [0.25, 0.3) is 0 Å². The van der Waals surface area contributed by atoms with Gasteiger partial charge in [0, 0.05) is 13.0 Å². The fourth-order valence-electron chi connectivity index (χ4n) is 1.34. The second-order valence-corrected chi connectivity index (χ2v) is 4.11. The Balaban J connectivity index is 3.11. The molecule has 0 aromatic carbocycles. The molecule has 0 unspecified atom stereocenters. The third-order valence-electron chi connectivity index (χ3n) is 2.23. The van der Waals surface area contributed by atoms with E-state index in [-0.39, 0.29) is 5.97 Å². The van der Waals surface area contributed by atoms with Crippen molar-refractivity contribution in [2.24, 2.45) is 0 Å². The molecule has 4 heteroatoms. The average molecular weight is 248 g/mol.